The highest BCUT2D eigenvalue weighted by Crippen LogP contribution is 2.27. The number of carbonyl (C=O) groups excluding carboxylic acids is 3. The van der Waals surface area contributed by atoms with Crippen molar-refractivity contribution < 1.29 is 24.2 Å². The number of hydrogen-bond acceptors (Lipinski definition) is 5. The number of carbonyl (C=O) groups is 3. The molecular formula is C22H24N2O5. The third kappa shape index (κ3) is 4.00. The number of imide groups is 1. The molecule has 7 heteroatoms. The first kappa shape index (κ1) is 20.5. The summed E-state index contributed by atoms with van der Waals surface area (Å²) in [6.45, 7) is 3.50. The maximum absolute atomic E-state index is 12.9. The number of amides is 3. The van der Waals surface area contributed by atoms with Gasteiger partial charge in [-0.05, 0) is 35.7 Å². The summed E-state index contributed by atoms with van der Waals surface area (Å²) in [7, 11) is 1.55. The molecule has 152 valence electrons. The fourth-order valence-electron chi connectivity index (χ4n) is 3.42. The predicted octanol–water partition coefficient (Wildman–Crippen LogP) is 2.17. The van der Waals surface area contributed by atoms with Crippen LogP contribution in [0.15, 0.2) is 48.5 Å². The van der Waals surface area contributed by atoms with E-state index in [0.29, 0.717) is 22.4 Å². The topological polar surface area (TPSA) is 95.9 Å². The zero-order chi connectivity index (χ0) is 21.1. The third-order valence-electron chi connectivity index (χ3n) is 4.97. The van der Waals surface area contributed by atoms with Crippen molar-refractivity contribution in [3.8, 4) is 5.75 Å². The van der Waals surface area contributed by atoms with Crippen molar-refractivity contribution in [2.45, 2.75) is 26.0 Å². The van der Waals surface area contributed by atoms with Gasteiger partial charge in [0.2, 0.25) is 5.91 Å². The highest BCUT2D eigenvalue weighted by molar-refractivity contribution is 6.22. The zero-order valence-corrected chi connectivity index (χ0v) is 16.6. The van der Waals surface area contributed by atoms with Crippen molar-refractivity contribution in [2.24, 2.45) is 5.92 Å². The minimum atomic E-state index is -0.967. The Balaban J connectivity index is 1.72. The minimum absolute atomic E-state index is 0.0441. The molecule has 0 saturated heterocycles. The van der Waals surface area contributed by atoms with Crippen LogP contribution >= 0.6 is 0 Å². The van der Waals surface area contributed by atoms with Crippen LogP contribution in [0, 0.1) is 5.92 Å². The van der Waals surface area contributed by atoms with Gasteiger partial charge in [0.05, 0.1) is 24.3 Å². The number of fused-ring (bicyclic) bond motifs is 1. The Bertz CT molecular complexity index is 888. The Morgan fingerprint density at radius 1 is 1.03 bits per heavy atom. The molecule has 0 fully saturated rings. The molecule has 0 spiro atoms. The Hall–Kier alpha value is -3.19. The van der Waals surface area contributed by atoms with Crippen molar-refractivity contribution in [1.29, 1.82) is 0 Å². The zero-order valence-electron chi connectivity index (χ0n) is 16.6. The van der Waals surface area contributed by atoms with Gasteiger partial charge in [0, 0.05) is 6.54 Å². The number of ether oxygens (including phenoxy) is 1. The average Bonchev–Trinajstić information content (AvgIpc) is 2.97. The molecule has 0 aromatic heterocycles. The fourth-order valence-corrected chi connectivity index (χ4v) is 3.42. The molecule has 2 aromatic rings. The van der Waals surface area contributed by atoms with Gasteiger partial charge in [-0.3, -0.25) is 19.3 Å². The molecule has 7 nitrogen and oxygen atoms in total. The van der Waals surface area contributed by atoms with Gasteiger partial charge < -0.3 is 15.2 Å². The van der Waals surface area contributed by atoms with E-state index in [0.717, 1.165) is 4.90 Å². The van der Waals surface area contributed by atoms with Gasteiger partial charge >= 0.3 is 0 Å². The van der Waals surface area contributed by atoms with Crippen LogP contribution in [0.1, 0.15) is 46.2 Å². The van der Waals surface area contributed by atoms with Crippen molar-refractivity contribution in [2.75, 3.05) is 13.7 Å². The van der Waals surface area contributed by atoms with E-state index in [1.807, 2.05) is 0 Å². The van der Waals surface area contributed by atoms with Crippen LogP contribution in [0.4, 0.5) is 0 Å². The molecule has 3 amide bonds. The van der Waals surface area contributed by atoms with Gasteiger partial charge in [-0.2, -0.15) is 0 Å². The monoisotopic (exact) mass is 396 g/mol. The number of aliphatic hydroxyl groups is 1. The number of rotatable bonds is 7. The number of aliphatic hydroxyl groups excluding tert-OH is 1. The summed E-state index contributed by atoms with van der Waals surface area (Å²) in [4.78, 5) is 39.4. The Labute approximate surface area is 169 Å². The first-order chi connectivity index (χ1) is 13.8. The van der Waals surface area contributed by atoms with Crippen LogP contribution in [0.25, 0.3) is 0 Å². The molecule has 0 saturated carbocycles. The highest BCUT2D eigenvalue weighted by Gasteiger charge is 2.43. The van der Waals surface area contributed by atoms with Gasteiger partial charge in [0.1, 0.15) is 11.8 Å². The molecule has 1 heterocycles. The van der Waals surface area contributed by atoms with E-state index in [9.17, 15) is 19.5 Å². The Morgan fingerprint density at radius 2 is 1.59 bits per heavy atom. The summed E-state index contributed by atoms with van der Waals surface area (Å²) in [6, 6.07) is 12.4. The highest BCUT2D eigenvalue weighted by atomic mass is 16.5. The minimum Gasteiger partial charge on any atom is -0.497 e. The second kappa shape index (κ2) is 8.45. The molecule has 3 rings (SSSR count). The number of benzene rings is 2. The van der Waals surface area contributed by atoms with Crippen LogP contribution in [0.5, 0.6) is 5.75 Å². The molecule has 2 aromatic carbocycles. The SMILES string of the molecule is COc1ccc([C@H](O)CNC(=O)[C@H](C(C)C)N2C(=O)c3ccccc3C2=O)cc1. The second-order valence-electron chi connectivity index (χ2n) is 7.25. The first-order valence-corrected chi connectivity index (χ1v) is 9.41. The normalized spacial score (nSPS) is 15.3. The van der Waals surface area contributed by atoms with Crippen LogP contribution in [0.3, 0.4) is 0 Å². The first-order valence-electron chi connectivity index (χ1n) is 9.41. The van der Waals surface area contributed by atoms with Crippen LogP contribution in [0.2, 0.25) is 0 Å². The lowest BCUT2D eigenvalue weighted by Crippen LogP contribution is -2.52. The standard InChI is InChI=1S/C22H24N2O5/c1-13(2)19(24-21(27)16-6-4-5-7-17(16)22(24)28)20(26)23-12-18(25)14-8-10-15(29-3)11-9-14/h4-11,13,18-19,25H,12H2,1-3H3,(H,23,26)/t18-,19+/m1/s1. The molecular weight excluding hydrogens is 372 g/mol. The van der Waals surface area contributed by atoms with Crippen molar-refractivity contribution in [3.05, 3.63) is 65.2 Å². The fraction of sp³-hybridized carbons (Fsp3) is 0.318. The Kier molecular flexibility index (Phi) is 5.98. The summed E-state index contributed by atoms with van der Waals surface area (Å²) in [5.41, 5.74) is 1.22. The van der Waals surface area contributed by atoms with Crippen molar-refractivity contribution >= 4 is 17.7 Å². The lowest BCUT2D eigenvalue weighted by molar-refractivity contribution is -0.126. The van der Waals surface area contributed by atoms with Gasteiger partial charge in [0.15, 0.2) is 0 Å². The molecule has 0 radical (unpaired) electrons. The lowest BCUT2D eigenvalue weighted by Gasteiger charge is -2.28. The van der Waals surface area contributed by atoms with Crippen LogP contribution < -0.4 is 10.1 Å². The van der Waals surface area contributed by atoms with Crippen LogP contribution in [-0.4, -0.2) is 47.4 Å². The summed E-state index contributed by atoms with van der Waals surface area (Å²) < 4.78 is 5.09. The van der Waals surface area contributed by atoms with E-state index in [1.54, 1.807) is 69.5 Å². The van der Waals surface area contributed by atoms with Crippen molar-refractivity contribution in [3.63, 3.8) is 0 Å². The molecule has 0 bridgehead atoms. The van der Waals surface area contributed by atoms with E-state index >= 15 is 0 Å². The Morgan fingerprint density at radius 3 is 2.07 bits per heavy atom. The largest absolute Gasteiger partial charge is 0.497 e. The summed E-state index contributed by atoms with van der Waals surface area (Å²) in [5, 5.41) is 13.0. The number of nitrogens with one attached hydrogen (secondary N) is 1. The third-order valence-corrected chi connectivity index (χ3v) is 4.97. The molecule has 2 N–H and O–H groups in total. The van der Waals surface area contributed by atoms with Crippen LogP contribution in [-0.2, 0) is 4.79 Å². The van der Waals surface area contributed by atoms with Gasteiger partial charge in [-0.25, -0.2) is 0 Å². The van der Waals surface area contributed by atoms with E-state index in [2.05, 4.69) is 5.32 Å². The average molecular weight is 396 g/mol. The summed E-state index contributed by atoms with van der Waals surface area (Å²) in [5.74, 6) is -1.07. The molecule has 29 heavy (non-hydrogen) atoms. The second-order valence-corrected chi connectivity index (χ2v) is 7.25. The molecule has 1 aliphatic rings. The lowest BCUT2D eigenvalue weighted by atomic mass is 10.0. The van der Waals surface area contributed by atoms with Gasteiger partial charge in [-0.1, -0.05) is 38.1 Å². The van der Waals surface area contributed by atoms with Gasteiger partial charge in [-0.15, -0.1) is 0 Å². The summed E-state index contributed by atoms with van der Waals surface area (Å²) >= 11 is 0. The maximum Gasteiger partial charge on any atom is 0.262 e. The smallest absolute Gasteiger partial charge is 0.262 e. The van der Waals surface area contributed by atoms with E-state index in [1.165, 1.54) is 0 Å². The molecule has 0 aliphatic carbocycles. The number of nitrogens with zero attached hydrogens (tertiary/aromatic N) is 1. The number of hydrogen-bond donors (Lipinski definition) is 2. The predicted molar refractivity (Wildman–Crippen MR) is 107 cm³/mol. The molecule has 1 aliphatic heterocycles. The quantitative estimate of drug-likeness (QED) is 0.700. The number of methoxy groups -OCH3 is 1. The molecule has 0 unspecified atom stereocenters. The molecule has 2 atom stereocenters. The van der Waals surface area contributed by atoms with E-state index in [4.69, 9.17) is 4.74 Å². The maximum atomic E-state index is 12.9. The van der Waals surface area contributed by atoms with Crippen molar-refractivity contribution in [1.82, 2.24) is 10.2 Å². The van der Waals surface area contributed by atoms with E-state index in [-0.39, 0.29) is 12.5 Å². The van der Waals surface area contributed by atoms with E-state index < -0.39 is 29.9 Å². The summed E-state index contributed by atoms with van der Waals surface area (Å²) in [6.07, 6.45) is -0.931. The van der Waals surface area contributed by atoms with Gasteiger partial charge in [0.25, 0.3) is 11.8 Å².